The third-order valence-corrected chi connectivity index (χ3v) is 3.05. The van der Waals surface area contributed by atoms with Gasteiger partial charge in [-0.2, -0.15) is 13.1 Å². The minimum absolute atomic E-state index is 0.00657. The Labute approximate surface area is 105 Å². The average molecular weight is 274 g/mol. The van der Waals surface area contributed by atoms with E-state index >= 15 is 0 Å². The second-order valence-electron chi connectivity index (χ2n) is 3.38. The first-order chi connectivity index (χ1) is 8.44. The first kappa shape index (κ1) is 14.4. The summed E-state index contributed by atoms with van der Waals surface area (Å²) in [6, 6.07) is 5.52. The Balaban J connectivity index is 2.72. The number of nitrogens with one attached hydrogen (secondary N) is 2. The van der Waals surface area contributed by atoms with Crippen LogP contribution in [0.15, 0.2) is 24.3 Å². The molecule has 0 aliphatic carbocycles. The zero-order chi connectivity index (χ0) is 13.6. The number of carboxylic acid groups (broad SMARTS) is 1. The van der Waals surface area contributed by atoms with Crippen LogP contribution in [0.2, 0.25) is 0 Å². The Kier molecular flexibility index (Phi) is 5.08. The van der Waals surface area contributed by atoms with Gasteiger partial charge in [0.25, 0.3) is 10.2 Å². The molecule has 0 unspecified atom stereocenters. The van der Waals surface area contributed by atoms with Crippen LogP contribution in [0.4, 0.5) is 5.69 Å². The van der Waals surface area contributed by atoms with Crippen molar-refractivity contribution in [3.8, 4) is 0 Å². The van der Waals surface area contributed by atoms with Gasteiger partial charge in [0.15, 0.2) is 0 Å². The van der Waals surface area contributed by atoms with Gasteiger partial charge in [-0.3, -0.25) is 4.72 Å². The molecule has 0 saturated heterocycles. The number of methoxy groups -OCH3 is 1. The fourth-order valence-electron chi connectivity index (χ4n) is 1.19. The van der Waals surface area contributed by atoms with Crippen LogP contribution in [0.3, 0.4) is 0 Å². The number of hydrogen-bond donors (Lipinski definition) is 3. The van der Waals surface area contributed by atoms with Crippen molar-refractivity contribution in [2.45, 2.75) is 0 Å². The van der Waals surface area contributed by atoms with Gasteiger partial charge in [-0.1, -0.05) is 6.07 Å². The van der Waals surface area contributed by atoms with Crippen molar-refractivity contribution in [2.24, 2.45) is 0 Å². The number of rotatable bonds is 7. The summed E-state index contributed by atoms with van der Waals surface area (Å²) in [7, 11) is -2.27. The largest absolute Gasteiger partial charge is 0.478 e. The van der Waals surface area contributed by atoms with E-state index in [1.54, 1.807) is 0 Å². The topological polar surface area (TPSA) is 105 Å². The molecular weight excluding hydrogens is 260 g/mol. The van der Waals surface area contributed by atoms with E-state index in [0.717, 1.165) is 0 Å². The molecule has 0 heterocycles. The Hall–Kier alpha value is -1.64. The molecular formula is C10H14N2O5S. The summed E-state index contributed by atoms with van der Waals surface area (Å²) in [5.41, 5.74) is 0.187. The van der Waals surface area contributed by atoms with E-state index in [0.29, 0.717) is 0 Å². The van der Waals surface area contributed by atoms with Crippen LogP contribution in [-0.2, 0) is 14.9 Å². The second kappa shape index (κ2) is 6.34. The third-order valence-electron chi connectivity index (χ3n) is 1.96. The maximum atomic E-state index is 11.5. The Morgan fingerprint density at radius 3 is 2.78 bits per heavy atom. The zero-order valence-corrected chi connectivity index (χ0v) is 10.5. The number of carboxylic acids is 1. The molecule has 3 N–H and O–H groups in total. The minimum Gasteiger partial charge on any atom is -0.478 e. The summed E-state index contributed by atoms with van der Waals surface area (Å²) < 4.78 is 32.2. The normalized spacial score (nSPS) is 11.2. The maximum Gasteiger partial charge on any atom is 0.335 e. The second-order valence-corrected chi connectivity index (χ2v) is 4.88. The molecule has 18 heavy (non-hydrogen) atoms. The lowest BCUT2D eigenvalue weighted by Crippen LogP contribution is -2.32. The molecule has 1 rings (SSSR count). The van der Waals surface area contributed by atoms with Gasteiger partial charge in [0.1, 0.15) is 0 Å². The smallest absolute Gasteiger partial charge is 0.335 e. The van der Waals surface area contributed by atoms with Gasteiger partial charge in [0.05, 0.1) is 17.9 Å². The Morgan fingerprint density at radius 2 is 2.17 bits per heavy atom. The van der Waals surface area contributed by atoms with E-state index < -0.39 is 16.2 Å². The molecule has 0 spiro atoms. The van der Waals surface area contributed by atoms with E-state index in [4.69, 9.17) is 9.84 Å². The summed E-state index contributed by atoms with van der Waals surface area (Å²) >= 11 is 0. The van der Waals surface area contributed by atoms with Crippen LogP contribution < -0.4 is 9.44 Å². The van der Waals surface area contributed by atoms with Crippen molar-refractivity contribution < 1.29 is 23.1 Å². The SMILES string of the molecule is COCCNS(=O)(=O)Nc1cccc(C(=O)O)c1. The number of anilines is 1. The summed E-state index contributed by atoms with van der Waals surface area (Å²) in [6.45, 7) is 0.376. The highest BCUT2D eigenvalue weighted by atomic mass is 32.2. The average Bonchev–Trinajstić information content (AvgIpc) is 2.28. The Morgan fingerprint density at radius 1 is 1.44 bits per heavy atom. The molecule has 7 nitrogen and oxygen atoms in total. The number of benzene rings is 1. The molecule has 0 aromatic heterocycles. The molecule has 0 aliphatic rings. The van der Waals surface area contributed by atoms with Gasteiger partial charge in [0.2, 0.25) is 0 Å². The van der Waals surface area contributed by atoms with Gasteiger partial charge in [-0.05, 0) is 18.2 Å². The van der Waals surface area contributed by atoms with Crippen LogP contribution in [0, 0.1) is 0 Å². The fourth-order valence-corrected chi connectivity index (χ4v) is 2.05. The van der Waals surface area contributed by atoms with Crippen LogP contribution in [0.1, 0.15) is 10.4 Å². The van der Waals surface area contributed by atoms with E-state index in [-0.39, 0.29) is 24.4 Å². The molecule has 0 atom stereocenters. The predicted octanol–water partition coefficient (Wildman–Crippen LogP) is 0.277. The highest BCUT2D eigenvalue weighted by molar-refractivity contribution is 7.90. The van der Waals surface area contributed by atoms with E-state index in [9.17, 15) is 13.2 Å². The van der Waals surface area contributed by atoms with Crippen molar-refractivity contribution >= 4 is 21.9 Å². The predicted molar refractivity (Wildman–Crippen MR) is 65.8 cm³/mol. The van der Waals surface area contributed by atoms with Gasteiger partial charge in [-0.25, -0.2) is 4.79 Å². The summed E-state index contributed by atoms with van der Waals surface area (Å²) in [5, 5.41) is 8.77. The molecule has 0 fully saturated rings. The molecule has 8 heteroatoms. The summed E-state index contributed by atoms with van der Waals surface area (Å²) in [4.78, 5) is 10.7. The quantitative estimate of drug-likeness (QED) is 0.619. The lowest BCUT2D eigenvalue weighted by molar-refractivity contribution is 0.0697. The number of hydrogen-bond acceptors (Lipinski definition) is 4. The highest BCUT2D eigenvalue weighted by Crippen LogP contribution is 2.11. The molecule has 0 aliphatic heterocycles. The molecule has 100 valence electrons. The van der Waals surface area contributed by atoms with Crippen molar-refractivity contribution in [1.82, 2.24) is 4.72 Å². The summed E-state index contributed by atoms with van der Waals surface area (Å²) in [6.07, 6.45) is 0. The van der Waals surface area contributed by atoms with Gasteiger partial charge < -0.3 is 9.84 Å². The Bertz CT molecular complexity index is 515. The minimum atomic E-state index is -3.72. The summed E-state index contributed by atoms with van der Waals surface area (Å²) in [5.74, 6) is -1.12. The molecule has 0 bridgehead atoms. The first-order valence-corrected chi connectivity index (χ1v) is 6.52. The van der Waals surface area contributed by atoms with Crippen LogP contribution in [-0.4, -0.2) is 39.8 Å². The standard InChI is InChI=1S/C10H14N2O5S/c1-17-6-5-11-18(15,16)12-9-4-2-3-8(7-9)10(13)14/h2-4,7,11-12H,5-6H2,1H3,(H,13,14). The van der Waals surface area contributed by atoms with Gasteiger partial charge in [-0.15, -0.1) is 0 Å². The highest BCUT2D eigenvalue weighted by Gasteiger charge is 2.10. The third kappa shape index (κ3) is 4.70. The fraction of sp³-hybridized carbons (Fsp3) is 0.300. The van der Waals surface area contributed by atoms with Crippen LogP contribution in [0.25, 0.3) is 0 Å². The molecule has 1 aromatic carbocycles. The van der Waals surface area contributed by atoms with Crippen LogP contribution >= 0.6 is 0 Å². The number of ether oxygens (including phenoxy) is 1. The molecule has 0 amide bonds. The number of aromatic carboxylic acids is 1. The van der Waals surface area contributed by atoms with Crippen molar-refractivity contribution in [2.75, 3.05) is 25.0 Å². The van der Waals surface area contributed by atoms with Gasteiger partial charge >= 0.3 is 5.97 Å². The molecule has 0 saturated carbocycles. The zero-order valence-electron chi connectivity index (χ0n) is 9.71. The van der Waals surface area contributed by atoms with Crippen molar-refractivity contribution in [3.63, 3.8) is 0 Å². The van der Waals surface area contributed by atoms with Gasteiger partial charge in [0, 0.05) is 13.7 Å². The molecule has 1 aromatic rings. The first-order valence-electron chi connectivity index (χ1n) is 5.04. The van der Waals surface area contributed by atoms with E-state index in [1.807, 2.05) is 0 Å². The molecule has 0 radical (unpaired) electrons. The van der Waals surface area contributed by atoms with Crippen molar-refractivity contribution in [1.29, 1.82) is 0 Å². The lowest BCUT2D eigenvalue weighted by atomic mass is 10.2. The van der Waals surface area contributed by atoms with E-state index in [1.165, 1.54) is 31.4 Å². The van der Waals surface area contributed by atoms with Crippen LogP contribution in [0.5, 0.6) is 0 Å². The number of carbonyl (C=O) groups is 1. The lowest BCUT2D eigenvalue weighted by Gasteiger charge is -2.09. The van der Waals surface area contributed by atoms with Crippen molar-refractivity contribution in [3.05, 3.63) is 29.8 Å². The monoisotopic (exact) mass is 274 g/mol. The van der Waals surface area contributed by atoms with E-state index in [2.05, 4.69) is 9.44 Å². The maximum absolute atomic E-state index is 11.5.